The smallest absolute Gasteiger partial charge is 0.262 e. The van der Waals surface area contributed by atoms with Gasteiger partial charge in [0.15, 0.2) is 0 Å². The van der Waals surface area contributed by atoms with Gasteiger partial charge in [0, 0.05) is 0 Å². The highest BCUT2D eigenvalue weighted by Gasteiger charge is 2.27. The summed E-state index contributed by atoms with van der Waals surface area (Å²) in [5.74, 6) is 0.592. The van der Waals surface area contributed by atoms with Crippen LogP contribution in [-0.4, -0.2) is 8.42 Å². The zero-order chi connectivity index (χ0) is 20.4. The molecule has 3 nitrogen and oxygen atoms in total. The Morgan fingerprint density at radius 1 is 0.852 bits per heavy atom. The van der Waals surface area contributed by atoms with Crippen LogP contribution in [0.3, 0.4) is 0 Å². The summed E-state index contributed by atoms with van der Waals surface area (Å²) in [5.41, 5.74) is 4.64. The number of hydrogen-bond acceptors (Lipinski definition) is 2. The lowest BCUT2D eigenvalue weighted by atomic mass is 9.89. The first kappa shape index (κ1) is 21.5. The van der Waals surface area contributed by atoms with Crippen LogP contribution in [0.25, 0.3) is 0 Å². The third kappa shape index (κ3) is 4.73. The lowest BCUT2D eigenvalue weighted by Gasteiger charge is -2.23. The molecule has 0 spiro atoms. The largest absolute Gasteiger partial charge is 0.279 e. The summed E-state index contributed by atoms with van der Waals surface area (Å²) in [6.45, 7) is 14.6. The second-order valence-electron chi connectivity index (χ2n) is 8.11. The second kappa shape index (κ2) is 8.47. The maximum Gasteiger partial charge on any atom is 0.262 e. The van der Waals surface area contributed by atoms with Gasteiger partial charge in [-0.2, -0.15) is 0 Å². The summed E-state index contributed by atoms with van der Waals surface area (Å²) < 4.78 is 29.8. The van der Waals surface area contributed by atoms with Crippen LogP contribution in [0.15, 0.2) is 41.3 Å². The minimum Gasteiger partial charge on any atom is -0.279 e. The summed E-state index contributed by atoms with van der Waals surface area (Å²) in [6.07, 6.45) is 0.777. The molecule has 0 saturated carbocycles. The molecule has 0 bridgehead atoms. The molecule has 0 aliphatic heterocycles. The van der Waals surface area contributed by atoms with E-state index >= 15 is 0 Å². The van der Waals surface area contributed by atoms with Crippen molar-refractivity contribution in [1.82, 2.24) is 0 Å². The normalized spacial score (nSPS) is 12.2. The first-order chi connectivity index (χ1) is 12.6. The van der Waals surface area contributed by atoms with Crippen LogP contribution in [0.2, 0.25) is 0 Å². The Hall–Kier alpha value is -1.81. The van der Waals surface area contributed by atoms with Crippen LogP contribution in [0.4, 0.5) is 5.69 Å². The number of anilines is 1. The van der Waals surface area contributed by atoms with E-state index in [9.17, 15) is 8.42 Å². The van der Waals surface area contributed by atoms with Crippen LogP contribution in [-0.2, 0) is 16.4 Å². The molecular weight excluding hydrogens is 354 g/mol. The molecule has 2 aromatic carbocycles. The minimum absolute atomic E-state index is 0.120. The van der Waals surface area contributed by atoms with Gasteiger partial charge in [0.25, 0.3) is 10.0 Å². The Bertz CT molecular complexity index is 867. The van der Waals surface area contributed by atoms with Crippen molar-refractivity contribution < 1.29 is 8.42 Å². The number of para-hydroxylation sites is 1. The lowest BCUT2D eigenvalue weighted by molar-refractivity contribution is 0.595. The average Bonchev–Trinajstić information content (AvgIpc) is 2.60. The van der Waals surface area contributed by atoms with Gasteiger partial charge < -0.3 is 0 Å². The topological polar surface area (TPSA) is 46.2 Å². The van der Waals surface area contributed by atoms with E-state index in [1.54, 1.807) is 0 Å². The first-order valence-electron chi connectivity index (χ1n) is 9.86. The molecule has 2 aromatic rings. The predicted octanol–water partition coefficient (Wildman–Crippen LogP) is 6.42. The van der Waals surface area contributed by atoms with E-state index in [0.29, 0.717) is 16.5 Å². The Morgan fingerprint density at radius 2 is 1.37 bits per heavy atom. The third-order valence-corrected chi connectivity index (χ3v) is 6.49. The van der Waals surface area contributed by atoms with E-state index in [2.05, 4.69) is 58.4 Å². The molecule has 148 valence electrons. The molecule has 0 unspecified atom stereocenters. The molecule has 2 rings (SSSR count). The molecule has 0 aliphatic carbocycles. The molecule has 0 saturated heterocycles. The molecule has 0 amide bonds. The van der Waals surface area contributed by atoms with Gasteiger partial charge in [-0.25, -0.2) is 8.42 Å². The van der Waals surface area contributed by atoms with E-state index in [1.807, 2.05) is 31.2 Å². The average molecular weight is 388 g/mol. The predicted molar refractivity (Wildman–Crippen MR) is 115 cm³/mol. The van der Waals surface area contributed by atoms with Gasteiger partial charge in [-0.05, 0) is 52.5 Å². The molecule has 4 heteroatoms. The van der Waals surface area contributed by atoms with Crippen molar-refractivity contribution in [3.63, 3.8) is 0 Å². The fourth-order valence-electron chi connectivity index (χ4n) is 3.32. The standard InChI is InChI=1S/C23H33NO2S/c1-8-18-11-9-10-12-22(18)24-27(25,26)23-20(16(4)5)13-19(15(2)3)14-21(23)17(6)7/h9-17,24H,8H2,1-7H3. The minimum atomic E-state index is -3.69. The molecule has 0 fully saturated rings. The fraction of sp³-hybridized carbons (Fsp3) is 0.478. The van der Waals surface area contributed by atoms with Crippen LogP contribution in [0.1, 0.15) is 88.5 Å². The Morgan fingerprint density at radius 3 is 1.81 bits per heavy atom. The van der Waals surface area contributed by atoms with Gasteiger partial charge in [-0.15, -0.1) is 0 Å². The number of sulfonamides is 1. The Kier molecular flexibility index (Phi) is 6.74. The highest BCUT2D eigenvalue weighted by atomic mass is 32.2. The van der Waals surface area contributed by atoms with Crippen LogP contribution < -0.4 is 4.72 Å². The second-order valence-corrected chi connectivity index (χ2v) is 9.73. The number of nitrogens with one attached hydrogen (secondary N) is 1. The van der Waals surface area contributed by atoms with Crippen LogP contribution in [0, 0.1) is 0 Å². The quantitative estimate of drug-likeness (QED) is 0.596. The summed E-state index contributed by atoms with van der Waals surface area (Å²) in [4.78, 5) is 0.447. The van der Waals surface area contributed by atoms with Crippen molar-refractivity contribution in [3.05, 3.63) is 58.7 Å². The number of rotatable bonds is 7. The molecule has 0 aliphatic rings. The maximum absolute atomic E-state index is 13.5. The molecule has 27 heavy (non-hydrogen) atoms. The van der Waals surface area contributed by atoms with Crippen molar-refractivity contribution in [2.75, 3.05) is 4.72 Å². The van der Waals surface area contributed by atoms with Crippen LogP contribution >= 0.6 is 0 Å². The number of aryl methyl sites for hydroxylation is 1. The van der Waals surface area contributed by atoms with Crippen LogP contribution in [0.5, 0.6) is 0 Å². The van der Waals surface area contributed by atoms with Crippen molar-refractivity contribution in [3.8, 4) is 0 Å². The van der Waals surface area contributed by atoms with E-state index in [1.165, 1.54) is 5.56 Å². The monoisotopic (exact) mass is 387 g/mol. The van der Waals surface area contributed by atoms with Crippen molar-refractivity contribution in [1.29, 1.82) is 0 Å². The van der Waals surface area contributed by atoms with Crippen molar-refractivity contribution in [2.45, 2.75) is 77.5 Å². The molecular formula is C23H33NO2S. The summed E-state index contributed by atoms with van der Waals surface area (Å²) in [5, 5.41) is 0. The maximum atomic E-state index is 13.5. The SMILES string of the molecule is CCc1ccccc1NS(=O)(=O)c1c(C(C)C)cc(C(C)C)cc1C(C)C. The lowest BCUT2D eigenvalue weighted by Crippen LogP contribution is -2.19. The Balaban J connectivity index is 2.70. The summed E-state index contributed by atoms with van der Waals surface area (Å²) in [7, 11) is -3.69. The zero-order valence-electron chi connectivity index (χ0n) is 17.6. The van der Waals surface area contributed by atoms with E-state index in [0.717, 1.165) is 23.1 Å². The van der Waals surface area contributed by atoms with Gasteiger partial charge >= 0.3 is 0 Å². The highest BCUT2D eigenvalue weighted by molar-refractivity contribution is 7.92. The number of hydrogen-bond donors (Lipinski definition) is 1. The van der Waals surface area contributed by atoms with Crippen molar-refractivity contribution in [2.24, 2.45) is 0 Å². The number of benzene rings is 2. The molecule has 0 atom stereocenters. The van der Waals surface area contributed by atoms with Gasteiger partial charge in [0.05, 0.1) is 10.6 Å². The van der Waals surface area contributed by atoms with Crippen molar-refractivity contribution >= 4 is 15.7 Å². The molecule has 0 heterocycles. The molecule has 1 N–H and O–H groups in total. The Labute approximate surface area is 165 Å². The third-order valence-electron chi connectivity index (χ3n) is 4.99. The first-order valence-corrected chi connectivity index (χ1v) is 11.3. The molecule has 0 radical (unpaired) electrons. The van der Waals surface area contributed by atoms with E-state index in [-0.39, 0.29) is 11.8 Å². The fourth-order valence-corrected chi connectivity index (χ4v) is 5.12. The molecule has 0 aromatic heterocycles. The van der Waals surface area contributed by atoms with E-state index in [4.69, 9.17) is 0 Å². The van der Waals surface area contributed by atoms with Gasteiger partial charge in [0.1, 0.15) is 0 Å². The highest BCUT2D eigenvalue weighted by Crippen LogP contribution is 2.36. The van der Waals surface area contributed by atoms with E-state index < -0.39 is 10.0 Å². The van der Waals surface area contributed by atoms with Gasteiger partial charge in [0.2, 0.25) is 0 Å². The van der Waals surface area contributed by atoms with Gasteiger partial charge in [-0.1, -0.05) is 78.8 Å². The summed E-state index contributed by atoms with van der Waals surface area (Å²) in [6, 6.07) is 11.7. The zero-order valence-corrected chi connectivity index (χ0v) is 18.4. The van der Waals surface area contributed by atoms with Gasteiger partial charge in [-0.3, -0.25) is 4.72 Å². The summed E-state index contributed by atoms with van der Waals surface area (Å²) >= 11 is 0.